The van der Waals surface area contributed by atoms with Gasteiger partial charge in [0.2, 0.25) is 0 Å². The van der Waals surface area contributed by atoms with E-state index in [0.717, 1.165) is 34.5 Å². The number of rotatable bonds is 4. The van der Waals surface area contributed by atoms with Gasteiger partial charge in [0.05, 0.1) is 17.7 Å². The monoisotopic (exact) mass is 328 g/mol. The van der Waals surface area contributed by atoms with Crippen molar-refractivity contribution in [3.05, 3.63) is 22.2 Å². The maximum atomic E-state index is 5.91. The van der Waals surface area contributed by atoms with E-state index in [-0.39, 0.29) is 6.04 Å². The van der Waals surface area contributed by atoms with E-state index in [1.165, 1.54) is 0 Å². The highest BCUT2D eigenvalue weighted by atomic mass is 79.9. The normalized spacial score (nSPS) is 16.3. The van der Waals surface area contributed by atoms with Crippen molar-refractivity contribution in [2.75, 3.05) is 33.4 Å². The Kier molecular flexibility index (Phi) is 5.07. The lowest BCUT2D eigenvalue weighted by atomic mass is 10.0. The number of halogens is 1. The van der Waals surface area contributed by atoms with Gasteiger partial charge in [-0.2, -0.15) is 0 Å². The van der Waals surface area contributed by atoms with Crippen LogP contribution >= 0.6 is 15.9 Å². The molecule has 4 nitrogen and oxygen atoms in total. The van der Waals surface area contributed by atoms with Crippen molar-refractivity contribution in [2.24, 2.45) is 5.73 Å². The molecule has 1 aromatic carbocycles. The van der Waals surface area contributed by atoms with Crippen LogP contribution in [0.5, 0.6) is 11.5 Å². The first kappa shape index (κ1) is 14.6. The first-order valence-corrected chi connectivity index (χ1v) is 7.46. The van der Waals surface area contributed by atoms with Crippen molar-refractivity contribution in [3.8, 4) is 11.5 Å². The highest BCUT2D eigenvalue weighted by Gasteiger charge is 2.20. The molecule has 19 heavy (non-hydrogen) atoms. The zero-order valence-corrected chi connectivity index (χ0v) is 13.1. The van der Waals surface area contributed by atoms with Crippen LogP contribution in [0.15, 0.2) is 16.6 Å². The number of nitrogens with zero attached hydrogens (tertiary/aromatic N) is 1. The molecule has 1 aliphatic heterocycles. The lowest BCUT2D eigenvalue weighted by Crippen LogP contribution is -2.30. The van der Waals surface area contributed by atoms with Crippen LogP contribution in [0.25, 0.3) is 0 Å². The van der Waals surface area contributed by atoms with E-state index >= 15 is 0 Å². The Morgan fingerprint density at radius 1 is 1.37 bits per heavy atom. The molecule has 1 aromatic rings. The van der Waals surface area contributed by atoms with E-state index in [1.807, 2.05) is 0 Å². The predicted octanol–water partition coefficient (Wildman–Crippen LogP) is 2.56. The van der Waals surface area contributed by atoms with Gasteiger partial charge in [-0.3, -0.25) is 4.90 Å². The average molecular weight is 329 g/mol. The lowest BCUT2D eigenvalue weighted by Gasteiger charge is -2.27. The summed E-state index contributed by atoms with van der Waals surface area (Å²) in [5.41, 5.74) is 7.06. The molecule has 1 atom stereocenters. The molecule has 0 amide bonds. The number of benzene rings is 1. The van der Waals surface area contributed by atoms with Crippen molar-refractivity contribution >= 4 is 15.9 Å². The Morgan fingerprint density at radius 3 is 2.79 bits per heavy atom. The van der Waals surface area contributed by atoms with Crippen LogP contribution < -0.4 is 15.2 Å². The van der Waals surface area contributed by atoms with Gasteiger partial charge in [0, 0.05) is 19.0 Å². The maximum absolute atomic E-state index is 5.91. The molecule has 0 aromatic heterocycles. The molecule has 5 heteroatoms. The summed E-state index contributed by atoms with van der Waals surface area (Å²) in [6.45, 7) is 5.05. The van der Waals surface area contributed by atoms with Gasteiger partial charge in [-0.15, -0.1) is 0 Å². The Bertz CT molecular complexity index is 440. The summed E-state index contributed by atoms with van der Waals surface area (Å²) in [7, 11) is 2.08. The smallest absolute Gasteiger partial charge is 0.175 e. The first-order chi connectivity index (χ1) is 9.17. The van der Waals surface area contributed by atoms with Crippen molar-refractivity contribution in [1.29, 1.82) is 0 Å². The molecule has 2 rings (SSSR count). The molecule has 0 aliphatic carbocycles. The second kappa shape index (κ2) is 6.59. The Labute approximate surface area is 123 Å². The Balaban J connectivity index is 2.37. The summed E-state index contributed by atoms with van der Waals surface area (Å²) < 4.78 is 12.4. The number of likely N-dealkylation sites (N-methyl/N-ethyl adjacent to an activating group) is 1. The van der Waals surface area contributed by atoms with Crippen LogP contribution in [0.3, 0.4) is 0 Å². The third-order valence-corrected chi connectivity index (χ3v) is 4.05. The molecule has 2 N–H and O–H groups in total. The minimum Gasteiger partial charge on any atom is -0.490 e. The molecule has 0 radical (unpaired) electrons. The second-order valence-electron chi connectivity index (χ2n) is 4.71. The zero-order valence-electron chi connectivity index (χ0n) is 11.5. The van der Waals surface area contributed by atoms with Crippen LogP contribution in [0.4, 0.5) is 0 Å². The van der Waals surface area contributed by atoms with Crippen LogP contribution in [-0.4, -0.2) is 38.3 Å². The van der Waals surface area contributed by atoms with E-state index in [9.17, 15) is 0 Å². The largest absolute Gasteiger partial charge is 0.490 e. The molecule has 0 fully saturated rings. The Morgan fingerprint density at radius 2 is 2.11 bits per heavy atom. The summed E-state index contributed by atoms with van der Waals surface area (Å²) in [4.78, 5) is 2.23. The molecule has 1 aliphatic rings. The van der Waals surface area contributed by atoms with Crippen LogP contribution in [0.1, 0.15) is 24.9 Å². The summed E-state index contributed by atoms with van der Waals surface area (Å²) in [6.07, 6.45) is 0.908. The molecule has 1 heterocycles. The number of hydrogen-bond acceptors (Lipinski definition) is 4. The number of hydrogen-bond donors (Lipinski definition) is 1. The van der Waals surface area contributed by atoms with E-state index in [2.05, 4.69) is 46.9 Å². The summed E-state index contributed by atoms with van der Waals surface area (Å²) >= 11 is 3.57. The van der Waals surface area contributed by atoms with Crippen molar-refractivity contribution in [3.63, 3.8) is 0 Å². The molecule has 0 spiro atoms. The summed E-state index contributed by atoms with van der Waals surface area (Å²) in [5, 5.41) is 0. The molecule has 106 valence electrons. The molecule has 0 saturated heterocycles. The SMILES string of the molecule is CCN(C)C(CN)c1cc(Br)c2c(c1)OCCCO2. The van der Waals surface area contributed by atoms with Crippen molar-refractivity contribution in [2.45, 2.75) is 19.4 Å². The topological polar surface area (TPSA) is 47.7 Å². The molecular formula is C14H21BrN2O2. The van der Waals surface area contributed by atoms with Gasteiger partial charge < -0.3 is 15.2 Å². The third-order valence-electron chi connectivity index (χ3n) is 3.46. The van der Waals surface area contributed by atoms with Gasteiger partial charge in [-0.25, -0.2) is 0 Å². The molecular weight excluding hydrogens is 308 g/mol. The van der Waals surface area contributed by atoms with Crippen LogP contribution in [0, 0.1) is 0 Å². The second-order valence-corrected chi connectivity index (χ2v) is 5.56. The van der Waals surface area contributed by atoms with E-state index < -0.39 is 0 Å². The zero-order chi connectivity index (χ0) is 13.8. The number of nitrogens with two attached hydrogens (primary N) is 1. The minimum atomic E-state index is 0.193. The maximum Gasteiger partial charge on any atom is 0.175 e. The van der Waals surface area contributed by atoms with Gasteiger partial charge in [0.25, 0.3) is 0 Å². The lowest BCUT2D eigenvalue weighted by molar-refractivity contribution is 0.262. The van der Waals surface area contributed by atoms with Crippen molar-refractivity contribution in [1.82, 2.24) is 4.90 Å². The number of ether oxygens (including phenoxy) is 2. The quantitative estimate of drug-likeness (QED) is 0.922. The van der Waals surface area contributed by atoms with E-state index in [1.54, 1.807) is 0 Å². The summed E-state index contributed by atoms with van der Waals surface area (Å²) in [6, 6.07) is 4.32. The fraction of sp³-hybridized carbons (Fsp3) is 0.571. The molecule has 0 bridgehead atoms. The summed E-state index contributed by atoms with van der Waals surface area (Å²) in [5.74, 6) is 1.61. The highest BCUT2D eigenvalue weighted by Crippen LogP contribution is 2.40. The van der Waals surface area contributed by atoms with Crippen LogP contribution in [0.2, 0.25) is 0 Å². The van der Waals surface area contributed by atoms with Gasteiger partial charge in [0.15, 0.2) is 11.5 Å². The predicted molar refractivity (Wildman–Crippen MR) is 79.8 cm³/mol. The van der Waals surface area contributed by atoms with E-state index in [0.29, 0.717) is 19.8 Å². The van der Waals surface area contributed by atoms with Crippen LogP contribution in [-0.2, 0) is 0 Å². The minimum absolute atomic E-state index is 0.193. The average Bonchev–Trinajstić information content (AvgIpc) is 2.65. The molecule has 1 unspecified atom stereocenters. The number of fused-ring (bicyclic) bond motifs is 1. The van der Waals surface area contributed by atoms with Gasteiger partial charge in [0.1, 0.15) is 0 Å². The Hall–Kier alpha value is -0.780. The third kappa shape index (κ3) is 3.22. The molecule has 0 saturated carbocycles. The van der Waals surface area contributed by atoms with Crippen molar-refractivity contribution < 1.29 is 9.47 Å². The highest BCUT2D eigenvalue weighted by molar-refractivity contribution is 9.10. The van der Waals surface area contributed by atoms with Gasteiger partial charge in [-0.05, 0) is 47.2 Å². The van der Waals surface area contributed by atoms with E-state index in [4.69, 9.17) is 15.2 Å². The fourth-order valence-corrected chi connectivity index (χ4v) is 2.81. The fourth-order valence-electron chi connectivity index (χ4n) is 2.23. The van der Waals surface area contributed by atoms with Gasteiger partial charge in [-0.1, -0.05) is 6.92 Å². The first-order valence-electron chi connectivity index (χ1n) is 6.66. The van der Waals surface area contributed by atoms with Gasteiger partial charge >= 0.3 is 0 Å². The standard InChI is InChI=1S/C14H21BrN2O2/c1-3-17(2)12(9-16)10-7-11(15)14-13(8-10)18-5-4-6-19-14/h7-8,12H,3-6,9,16H2,1-2H3.